The van der Waals surface area contributed by atoms with Crippen LogP contribution in [0.3, 0.4) is 0 Å². The molecule has 0 heterocycles. The van der Waals surface area contributed by atoms with Crippen molar-refractivity contribution in [3.05, 3.63) is 39.9 Å². The van der Waals surface area contributed by atoms with E-state index in [9.17, 15) is 24.5 Å². The summed E-state index contributed by atoms with van der Waals surface area (Å²) >= 11 is 5.77. The molecule has 0 radical (unpaired) electrons. The molecule has 1 aromatic rings. The van der Waals surface area contributed by atoms with Crippen LogP contribution >= 0.6 is 11.6 Å². The number of carbonyl (C=O) groups excluding carboxylic acids is 3. The number of halogens is 1. The van der Waals surface area contributed by atoms with Crippen molar-refractivity contribution in [1.82, 2.24) is 0 Å². The number of esters is 1. The lowest BCUT2D eigenvalue weighted by Crippen LogP contribution is -2.35. The zero-order valence-corrected chi connectivity index (χ0v) is 13.4. The highest BCUT2D eigenvalue weighted by molar-refractivity contribution is 6.42. The Morgan fingerprint density at radius 3 is 2.22 bits per heavy atom. The van der Waals surface area contributed by atoms with E-state index in [1.54, 1.807) is 13.8 Å². The van der Waals surface area contributed by atoms with Gasteiger partial charge in [0.25, 0.3) is 5.69 Å². The molecule has 2 atom stereocenters. The maximum absolute atomic E-state index is 12.4. The lowest BCUT2D eigenvalue weighted by Gasteiger charge is -2.15. The Balaban J connectivity index is 2.95. The molecule has 0 N–H and O–H groups in total. The van der Waals surface area contributed by atoms with Crippen molar-refractivity contribution in [2.24, 2.45) is 5.92 Å². The van der Waals surface area contributed by atoms with Crippen LogP contribution in [0.4, 0.5) is 5.69 Å². The minimum atomic E-state index is -1.55. The lowest BCUT2D eigenvalue weighted by molar-refractivity contribution is -0.384. The van der Waals surface area contributed by atoms with Crippen molar-refractivity contribution in [3.8, 4) is 0 Å². The van der Waals surface area contributed by atoms with Crippen LogP contribution in [0.25, 0.3) is 0 Å². The lowest BCUT2D eigenvalue weighted by atomic mass is 9.89. The van der Waals surface area contributed by atoms with Gasteiger partial charge in [-0.25, -0.2) is 4.79 Å². The number of nitro benzene ring substituents is 1. The Labute approximate surface area is 137 Å². The summed E-state index contributed by atoms with van der Waals surface area (Å²) in [6, 6.07) is 4.88. The van der Waals surface area contributed by atoms with E-state index in [0.29, 0.717) is 0 Å². The number of benzene rings is 1. The van der Waals surface area contributed by atoms with Gasteiger partial charge in [-0.05, 0) is 25.5 Å². The van der Waals surface area contributed by atoms with Gasteiger partial charge in [-0.1, -0.05) is 6.92 Å². The van der Waals surface area contributed by atoms with Crippen LogP contribution in [0.2, 0.25) is 0 Å². The third-order valence-corrected chi connectivity index (χ3v) is 3.57. The molecule has 0 fully saturated rings. The zero-order chi connectivity index (χ0) is 17.6. The fourth-order valence-corrected chi connectivity index (χ4v) is 2.19. The number of nitro groups is 1. The van der Waals surface area contributed by atoms with Gasteiger partial charge in [0.1, 0.15) is 0 Å². The Morgan fingerprint density at radius 1 is 1.22 bits per heavy atom. The molecule has 7 nitrogen and oxygen atoms in total. The first-order chi connectivity index (χ1) is 10.8. The van der Waals surface area contributed by atoms with E-state index in [-0.39, 0.29) is 24.3 Å². The maximum Gasteiger partial charge on any atom is 0.331 e. The first kappa shape index (κ1) is 18.8. The van der Waals surface area contributed by atoms with Crippen LogP contribution in [0.5, 0.6) is 0 Å². The molecule has 0 aliphatic heterocycles. The monoisotopic (exact) mass is 341 g/mol. The molecule has 0 aromatic heterocycles. The van der Waals surface area contributed by atoms with Crippen LogP contribution in [0.15, 0.2) is 24.3 Å². The van der Waals surface area contributed by atoms with Crippen molar-refractivity contribution in [1.29, 1.82) is 0 Å². The number of hydrogen-bond donors (Lipinski definition) is 0. The van der Waals surface area contributed by atoms with Crippen molar-refractivity contribution in [2.45, 2.75) is 25.6 Å². The number of Topliss-reactive ketones (excluding diaryl/α,β-unsaturated/α-hetero) is 2. The molecule has 0 amide bonds. The number of hydrogen-bond acceptors (Lipinski definition) is 6. The fourth-order valence-electron chi connectivity index (χ4n) is 1.97. The molecule has 8 heteroatoms. The number of nitrogens with zero attached hydrogens (tertiary/aromatic N) is 1. The molecule has 0 saturated heterocycles. The molecular formula is C15H16ClNO6. The van der Waals surface area contributed by atoms with Crippen LogP contribution in [-0.2, 0) is 14.3 Å². The molecule has 1 rings (SSSR count). The summed E-state index contributed by atoms with van der Waals surface area (Å²) in [4.78, 5) is 46.1. The van der Waals surface area contributed by atoms with Gasteiger partial charge in [-0.15, -0.1) is 11.6 Å². The van der Waals surface area contributed by atoms with Crippen LogP contribution in [-0.4, -0.2) is 34.4 Å². The van der Waals surface area contributed by atoms with E-state index in [1.807, 2.05) is 0 Å². The Kier molecular flexibility index (Phi) is 6.84. The van der Waals surface area contributed by atoms with Gasteiger partial charge >= 0.3 is 5.97 Å². The van der Waals surface area contributed by atoms with E-state index in [0.717, 1.165) is 0 Å². The molecular weight excluding hydrogens is 326 g/mol. The molecule has 0 saturated carbocycles. The van der Waals surface area contributed by atoms with Gasteiger partial charge in [0.15, 0.2) is 16.9 Å². The fraction of sp³-hybridized carbons (Fsp3) is 0.400. The second-order valence-electron chi connectivity index (χ2n) is 4.65. The summed E-state index contributed by atoms with van der Waals surface area (Å²) < 4.78 is 4.67. The summed E-state index contributed by atoms with van der Waals surface area (Å²) in [6.45, 7) is 3.26. The highest BCUT2D eigenvalue weighted by atomic mass is 35.5. The van der Waals surface area contributed by atoms with E-state index in [4.69, 9.17) is 11.6 Å². The normalized spacial score (nSPS) is 13.0. The maximum atomic E-state index is 12.4. The van der Waals surface area contributed by atoms with Crippen molar-refractivity contribution in [2.75, 3.05) is 6.61 Å². The number of ketones is 2. The van der Waals surface area contributed by atoms with Gasteiger partial charge in [0.05, 0.1) is 17.4 Å². The van der Waals surface area contributed by atoms with Crippen molar-refractivity contribution < 1.29 is 24.0 Å². The molecule has 124 valence electrons. The van der Waals surface area contributed by atoms with Crippen LogP contribution in [0.1, 0.15) is 30.6 Å². The van der Waals surface area contributed by atoms with Gasteiger partial charge in [-0.3, -0.25) is 19.7 Å². The summed E-state index contributed by atoms with van der Waals surface area (Å²) in [5.74, 6) is -3.28. The Hall–Kier alpha value is -2.28. The number of non-ortho nitro benzene ring substituents is 1. The van der Waals surface area contributed by atoms with Crippen LogP contribution < -0.4 is 0 Å². The molecule has 23 heavy (non-hydrogen) atoms. The molecule has 0 aliphatic carbocycles. The summed E-state index contributed by atoms with van der Waals surface area (Å²) in [7, 11) is 0. The van der Waals surface area contributed by atoms with Gasteiger partial charge in [0.2, 0.25) is 0 Å². The van der Waals surface area contributed by atoms with E-state index in [2.05, 4.69) is 4.74 Å². The largest absolute Gasteiger partial charge is 0.465 e. The van der Waals surface area contributed by atoms with Crippen molar-refractivity contribution in [3.63, 3.8) is 0 Å². The third kappa shape index (κ3) is 4.59. The van der Waals surface area contributed by atoms with E-state index < -0.39 is 33.8 Å². The predicted molar refractivity (Wildman–Crippen MR) is 82.5 cm³/mol. The molecule has 1 aromatic carbocycles. The minimum absolute atomic E-state index is 0.0718. The SMILES string of the molecule is CCOC(=O)C(Cl)C(=O)C(CC)C(=O)c1ccc([N+](=O)[O-])cc1. The number of carbonyl (C=O) groups is 3. The third-order valence-electron chi connectivity index (χ3n) is 3.17. The highest BCUT2D eigenvalue weighted by Crippen LogP contribution is 2.20. The zero-order valence-electron chi connectivity index (χ0n) is 12.7. The van der Waals surface area contributed by atoms with E-state index >= 15 is 0 Å². The molecule has 0 aliphatic rings. The first-order valence-corrected chi connectivity index (χ1v) is 7.40. The van der Waals surface area contributed by atoms with E-state index in [1.165, 1.54) is 24.3 Å². The smallest absolute Gasteiger partial charge is 0.331 e. The Bertz CT molecular complexity index is 613. The molecule has 0 bridgehead atoms. The second-order valence-corrected chi connectivity index (χ2v) is 5.08. The van der Waals surface area contributed by atoms with Gasteiger partial charge in [-0.2, -0.15) is 0 Å². The number of rotatable bonds is 8. The molecule has 2 unspecified atom stereocenters. The average Bonchev–Trinajstić information content (AvgIpc) is 2.54. The highest BCUT2D eigenvalue weighted by Gasteiger charge is 2.35. The molecule has 0 spiro atoms. The van der Waals surface area contributed by atoms with Crippen LogP contribution in [0, 0.1) is 16.0 Å². The summed E-state index contributed by atoms with van der Waals surface area (Å²) in [5.41, 5.74) is -0.0220. The summed E-state index contributed by atoms with van der Waals surface area (Å²) in [6.07, 6.45) is 0.150. The minimum Gasteiger partial charge on any atom is -0.465 e. The predicted octanol–water partition coefficient (Wildman–Crippen LogP) is 2.54. The Morgan fingerprint density at radius 2 is 1.78 bits per heavy atom. The second kappa shape index (κ2) is 8.38. The standard InChI is InChI=1S/C15H16ClNO6/c1-3-11(14(19)12(16)15(20)23-4-2)13(18)9-5-7-10(8-6-9)17(21)22/h5-8,11-12H,3-4H2,1-2H3. The van der Waals surface area contributed by atoms with Gasteiger partial charge < -0.3 is 4.74 Å². The number of alkyl halides is 1. The average molecular weight is 342 g/mol. The van der Waals surface area contributed by atoms with Crippen molar-refractivity contribution >= 4 is 34.8 Å². The quantitative estimate of drug-likeness (QED) is 0.180. The van der Waals surface area contributed by atoms with Gasteiger partial charge in [0, 0.05) is 17.7 Å². The topological polar surface area (TPSA) is 104 Å². The number of ether oxygens (including phenoxy) is 1. The first-order valence-electron chi connectivity index (χ1n) is 6.96. The summed E-state index contributed by atoms with van der Waals surface area (Å²) in [5, 5.41) is 9.05.